The third-order valence-corrected chi connectivity index (χ3v) is 4.61. The van der Waals surface area contributed by atoms with Gasteiger partial charge in [0.15, 0.2) is 0 Å². The molecule has 0 amide bonds. The molecule has 0 unspecified atom stereocenters. The van der Waals surface area contributed by atoms with E-state index in [4.69, 9.17) is 4.52 Å². The molecule has 0 spiro atoms. The van der Waals surface area contributed by atoms with Gasteiger partial charge in [0.1, 0.15) is 5.52 Å². The molecule has 23 heavy (non-hydrogen) atoms. The maximum absolute atomic E-state index is 5.51. The van der Waals surface area contributed by atoms with Gasteiger partial charge >= 0.3 is 0 Å². The van der Waals surface area contributed by atoms with Crippen LogP contribution in [-0.4, -0.2) is 25.1 Å². The van der Waals surface area contributed by atoms with Gasteiger partial charge in [-0.25, -0.2) is 4.68 Å². The van der Waals surface area contributed by atoms with Gasteiger partial charge in [-0.15, -0.1) is 5.10 Å². The van der Waals surface area contributed by atoms with Crippen LogP contribution < -0.4 is 0 Å². The Morgan fingerprint density at radius 1 is 1.17 bits per heavy atom. The van der Waals surface area contributed by atoms with E-state index < -0.39 is 0 Å². The first-order chi connectivity index (χ1) is 11.2. The van der Waals surface area contributed by atoms with Crippen LogP contribution in [0.3, 0.4) is 0 Å². The summed E-state index contributed by atoms with van der Waals surface area (Å²) in [5.74, 6) is 1.85. The molecule has 1 fully saturated rings. The van der Waals surface area contributed by atoms with Crippen molar-refractivity contribution in [3.05, 3.63) is 24.1 Å². The fourth-order valence-electron chi connectivity index (χ4n) is 3.33. The Morgan fingerprint density at radius 3 is 2.78 bits per heavy atom. The first-order valence-corrected chi connectivity index (χ1v) is 8.41. The molecule has 0 saturated heterocycles. The summed E-state index contributed by atoms with van der Waals surface area (Å²) in [5.41, 5.74) is 2.82. The minimum Gasteiger partial charge on any atom is -0.339 e. The van der Waals surface area contributed by atoms with Crippen LogP contribution in [0, 0.1) is 0 Å². The summed E-state index contributed by atoms with van der Waals surface area (Å²) in [4.78, 5) is 4.62. The topological polar surface area (TPSA) is 69.6 Å². The lowest BCUT2D eigenvalue weighted by Crippen LogP contribution is -2.04. The van der Waals surface area contributed by atoms with Crippen molar-refractivity contribution in [1.82, 2.24) is 25.1 Å². The zero-order valence-corrected chi connectivity index (χ0v) is 13.6. The molecule has 0 atom stereocenters. The highest BCUT2D eigenvalue weighted by atomic mass is 16.5. The van der Waals surface area contributed by atoms with E-state index in [1.807, 2.05) is 22.9 Å². The van der Waals surface area contributed by atoms with Gasteiger partial charge in [-0.2, -0.15) is 4.98 Å². The minimum atomic E-state index is 0.286. The average Bonchev–Trinajstić information content (AvgIpc) is 3.22. The second kappa shape index (κ2) is 5.76. The molecule has 120 valence electrons. The highest BCUT2D eigenvalue weighted by molar-refractivity contribution is 5.79. The molecule has 6 heteroatoms. The van der Waals surface area contributed by atoms with E-state index in [9.17, 15) is 0 Å². The van der Waals surface area contributed by atoms with Crippen molar-refractivity contribution in [2.45, 2.75) is 57.9 Å². The van der Waals surface area contributed by atoms with E-state index in [0.29, 0.717) is 11.7 Å². The second-order valence-electron chi connectivity index (χ2n) is 6.62. The molecule has 1 aliphatic carbocycles. The summed E-state index contributed by atoms with van der Waals surface area (Å²) >= 11 is 0. The van der Waals surface area contributed by atoms with Crippen molar-refractivity contribution in [1.29, 1.82) is 0 Å². The molecular formula is C17H21N5O. The molecule has 6 nitrogen and oxygen atoms in total. The zero-order chi connectivity index (χ0) is 15.8. The molecule has 1 aromatic carbocycles. The Kier molecular flexibility index (Phi) is 3.59. The zero-order valence-electron chi connectivity index (χ0n) is 13.6. The summed E-state index contributed by atoms with van der Waals surface area (Å²) in [6, 6.07) is 6.31. The number of hydrogen-bond acceptors (Lipinski definition) is 5. The maximum Gasteiger partial charge on any atom is 0.230 e. The van der Waals surface area contributed by atoms with E-state index in [2.05, 4.69) is 34.3 Å². The molecule has 1 aliphatic rings. The van der Waals surface area contributed by atoms with Gasteiger partial charge in [-0.05, 0) is 44.9 Å². The molecule has 3 aromatic rings. The molecule has 4 rings (SSSR count). The van der Waals surface area contributed by atoms with Gasteiger partial charge in [0.05, 0.1) is 5.52 Å². The summed E-state index contributed by atoms with van der Waals surface area (Å²) in [6.07, 6.45) is 6.14. The van der Waals surface area contributed by atoms with Gasteiger partial charge < -0.3 is 4.52 Å². The summed E-state index contributed by atoms with van der Waals surface area (Å²) in [5, 5.41) is 12.6. The first kappa shape index (κ1) is 14.4. The standard InChI is InChI=1S/C17H21N5O/c1-11(2)22-15-9-8-13(10-14(15)19-21-22)16-18-17(23-20-16)12-6-4-3-5-7-12/h8-12H,3-7H2,1-2H3. The summed E-state index contributed by atoms with van der Waals surface area (Å²) in [6.45, 7) is 4.19. The quantitative estimate of drug-likeness (QED) is 0.728. The number of benzene rings is 1. The molecule has 0 N–H and O–H groups in total. The second-order valence-corrected chi connectivity index (χ2v) is 6.62. The van der Waals surface area contributed by atoms with Crippen LogP contribution >= 0.6 is 0 Å². The lowest BCUT2D eigenvalue weighted by molar-refractivity contribution is 0.314. The molecule has 0 bridgehead atoms. The van der Waals surface area contributed by atoms with E-state index in [-0.39, 0.29) is 6.04 Å². The Labute approximate surface area is 134 Å². The number of aromatic nitrogens is 5. The van der Waals surface area contributed by atoms with Crippen LogP contribution in [-0.2, 0) is 0 Å². The average molecular weight is 311 g/mol. The van der Waals surface area contributed by atoms with Crippen LogP contribution in [0.1, 0.15) is 63.8 Å². The Balaban J connectivity index is 1.65. The van der Waals surface area contributed by atoms with Crippen LogP contribution in [0.15, 0.2) is 22.7 Å². The largest absolute Gasteiger partial charge is 0.339 e. The van der Waals surface area contributed by atoms with Gasteiger partial charge in [-0.3, -0.25) is 0 Å². The molecule has 0 aliphatic heterocycles. The Bertz CT molecular complexity index is 813. The van der Waals surface area contributed by atoms with Crippen LogP contribution in [0.5, 0.6) is 0 Å². The lowest BCUT2D eigenvalue weighted by atomic mass is 9.89. The van der Waals surface area contributed by atoms with Crippen LogP contribution in [0.4, 0.5) is 0 Å². The van der Waals surface area contributed by atoms with Crippen molar-refractivity contribution >= 4 is 11.0 Å². The Hall–Kier alpha value is -2.24. The molecule has 0 radical (unpaired) electrons. The highest BCUT2D eigenvalue weighted by Gasteiger charge is 2.22. The van der Waals surface area contributed by atoms with Gasteiger partial charge in [0.2, 0.25) is 11.7 Å². The van der Waals surface area contributed by atoms with Crippen molar-refractivity contribution in [3.8, 4) is 11.4 Å². The number of hydrogen-bond donors (Lipinski definition) is 0. The molecule has 2 heterocycles. The van der Waals surface area contributed by atoms with E-state index in [0.717, 1.165) is 35.3 Å². The maximum atomic E-state index is 5.51. The number of fused-ring (bicyclic) bond motifs is 1. The summed E-state index contributed by atoms with van der Waals surface area (Å²) in [7, 11) is 0. The fourth-order valence-corrected chi connectivity index (χ4v) is 3.33. The van der Waals surface area contributed by atoms with Crippen molar-refractivity contribution in [2.75, 3.05) is 0 Å². The molecule has 1 saturated carbocycles. The summed E-state index contributed by atoms with van der Waals surface area (Å²) < 4.78 is 7.43. The minimum absolute atomic E-state index is 0.286. The smallest absolute Gasteiger partial charge is 0.230 e. The third kappa shape index (κ3) is 2.62. The van der Waals surface area contributed by atoms with Crippen molar-refractivity contribution < 1.29 is 4.52 Å². The predicted octanol–water partition coefficient (Wildman–Crippen LogP) is 4.11. The molecular weight excluding hydrogens is 290 g/mol. The number of nitrogens with zero attached hydrogens (tertiary/aromatic N) is 5. The fraction of sp³-hybridized carbons (Fsp3) is 0.529. The molecule has 2 aromatic heterocycles. The van der Waals surface area contributed by atoms with Crippen LogP contribution in [0.2, 0.25) is 0 Å². The predicted molar refractivity (Wildman–Crippen MR) is 87.0 cm³/mol. The highest BCUT2D eigenvalue weighted by Crippen LogP contribution is 2.32. The van der Waals surface area contributed by atoms with Crippen molar-refractivity contribution in [2.24, 2.45) is 0 Å². The van der Waals surface area contributed by atoms with E-state index in [1.54, 1.807) is 0 Å². The third-order valence-electron chi connectivity index (χ3n) is 4.61. The van der Waals surface area contributed by atoms with Gasteiger partial charge in [0, 0.05) is 17.5 Å². The van der Waals surface area contributed by atoms with Crippen molar-refractivity contribution in [3.63, 3.8) is 0 Å². The lowest BCUT2D eigenvalue weighted by Gasteiger charge is -2.17. The number of rotatable bonds is 3. The van der Waals surface area contributed by atoms with E-state index in [1.165, 1.54) is 19.3 Å². The monoisotopic (exact) mass is 311 g/mol. The normalized spacial score (nSPS) is 16.5. The van der Waals surface area contributed by atoms with Gasteiger partial charge in [0.25, 0.3) is 0 Å². The van der Waals surface area contributed by atoms with Crippen LogP contribution in [0.25, 0.3) is 22.4 Å². The Morgan fingerprint density at radius 2 is 2.00 bits per heavy atom. The van der Waals surface area contributed by atoms with E-state index >= 15 is 0 Å². The first-order valence-electron chi connectivity index (χ1n) is 8.41. The van der Waals surface area contributed by atoms with Gasteiger partial charge in [-0.1, -0.05) is 29.6 Å². The SMILES string of the molecule is CC(C)n1nnc2cc(-c3noc(C4CCCCC4)n3)ccc21.